The number of nitrogens with zero attached hydrogens (tertiary/aromatic N) is 1. The Kier molecular flexibility index (Phi) is 4.86. The van der Waals surface area contributed by atoms with Crippen molar-refractivity contribution in [1.29, 1.82) is 0 Å². The molecule has 1 aliphatic rings. The number of amides is 1. The van der Waals surface area contributed by atoms with E-state index in [0.29, 0.717) is 32.0 Å². The van der Waals surface area contributed by atoms with Crippen molar-refractivity contribution in [2.75, 3.05) is 31.6 Å². The number of benzene rings is 1. The van der Waals surface area contributed by atoms with Gasteiger partial charge in [0, 0.05) is 18.8 Å². The lowest BCUT2D eigenvalue weighted by atomic mass is 10.1. The Hall–Kier alpha value is -1.48. The normalized spacial score (nSPS) is 17.2. The summed E-state index contributed by atoms with van der Waals surface area (Å²) in [6, 6.07) is 6.16. The van der Waals surface area contributed by atoms with Gasteiger partial charge < -0.3 is 15.8 Å². The number of rotatable bonds is 4. The summed E-state index contributed by atoms with van der Waals surface area (Å²) in [7, 11) is -3.59. The predicted octanol–water partition coefficient (Wildman–Crippen LogP) is 0.383. The second-order valence-electron chi connectivity index (χ2n) is 5.72. The monoisotopic (exact) mass is 327 g/mol. The van der Waals surface area contributed by atoms with Crippen LogP contribution in [-0.4, -0.2) is 50.5 Å². The van der Waals surface area contributed by atoms with Crippen molar-refractivity contribution in [2.24, 2.45) is 5.73 Å². The van der Waals surface area contributed by atoms with E-state index in [4.69, 9.17) is 10.5 Å². The second kappa shape index (κ2) is 6.33. The number of morpholine rings is 1. The van der Waals surface area contributed by atoms with Crippen molar-refractivity contribution in [1.82, 2.24) is 4.31 Å². The lowest BCUT2D eigenvalue weighted by molar-refractivity contribution is -0.120. The molecular weight excluding hydrogens is 306 g/mol. The van der Waals surface area contributed by atoms with Gasteiger partial charge in [-0.1, -0.05) is 6.07 Å². The molecule has 0 saturated carbocycles. The molecule has 1 amide bonds. The highest BCUT2D eigenvalue weighted by Crippen LogP contribution is 2.21. The van der Waals surface area contributed by atoms with Gasteiger partial charge in [-0.25, -0.2) is 8.42 Å². The Morgan fingerprint density at radius 3 is 2.55 bits per heavy atom. The molecule has 0 aromatic heterocycles. The standard InChI is InChI=1S/C14H21N3O4S/c1-14(2,15)13(18)16-11-4-3-5-12(10-11)22(19,20)17-6-8-21-9-7-17/h3-5,10H,6-9,15H2,1-2H3,(H,16,18). The number of hydrogen-bond donors (Lipinski definition) is 2. The SMILES string of the molecule is CC(C)(N)C(=O)Nc1cccc(S(=O)(=O)N2CCOCC2)c1. The molecule has 0 bridgehead atoms. The summed E-state index contributed by atoms with van der Waals surface area (Å²) in [4.78, 5) is 12.0. The van der Waals surface area contributed by atoms with E-state index >= 15 is 0 Å². The molecule has 1 aromatic rings. The van der Waals surface area contributed by atoms with Crippen molar-refractivity contribution < 1.29 is 17.9 Å². The van der Waals surface area contributed by atoms with Gasteiger partial charge in [-0.05, 0) is 32.0 Å². The highest BCUT2D eigenvalue weighted by Gasteiger charge is 2.27. The van der Waals surface area contributed by atoms with Crippen LogP contribution in [0.15, 0.2) is 29.2 Å². The zero-order valence-corrected chi connectivity index (χ0v) is 13.5. The van der Waals surface area contributed by atoms with Crippen LogP contribution in [-0.2, 0) is 19.6 Å². The largest absolute Gasteiger partial charge is 0.379 e. The fourth-order valence-corrected chi connectivity index (χ4v) is 3.42. The first-order chi connectivity index (χ1) is 10.2. The molecule has 1 saturated heterocycles. The van der Waals surface area contributed by atoms with Gasteiger partial charge in [-0.15, -0.1) is 0 Å². The molecule has 0 unspecified atom stereocenters. The molecule has 7 nitrogen and oxygen atoms in total. The zero-order valence-electron chi connectivity index (χ0n) is 12.7. The van der Waals surface area contributed by atoms with Gasteiger partial charge >= 0.3 is 0 Å². The number of nitrogens with one attached hydrogen (secondary N) is 1. The van der Waals surface area contributed by atoms with E-state index in [9.17, 15) is 13.2 Å². The van der Waals surface area contributed by atoms with Crippen molar-refractivity contribution in [3.05, 3.63) is 24.3 Å². The number of carbonyl (C=O) groups is 1. The Bertz CT molecular complexity index is 646. The van der Waals surface area contributed by atoms with Gasteiger partial charge in [0.25, 0.3) is 0 Å². The maximum atomic E-state index is 12.6. The summed E-state index contributed by atoms with van der Waals surface area (Å²) in [5, 5.41) is 2.63. The van der Waals surface area contributed by atoms with Gasteiger partial charge in [0.1, 0.15) is 0 Å². The summed E-state index contributed by atoms with van der Waals surface area (Å²) in [6.45, 7) is 4.59. The molecule has 8 heteroatoms. The highest BCUT2D eigenvalue weighted by atomic mass is 32.2. The maximum absolute atomic E-state index is 12.6. The lowest BCUT2D eigenvalue weighted by Gasteiger charge is -2.26. The van der Waals surface area contributed by atoms with E-state index in [2.05, 4.69) is 5.32 Å². The third kappa shape index (κ3) is 3.83. The zero-order chi connectivity index (χ0) is 16.4. The van der Waals surface area contributed by atoms with E-state index in [1.807, 2.05) is 0 Å². The Morgan fingerprint density at radius 2 is 1.95 bits per heavy atom. The minimum Gasteiger partial charge on any atom is -0.379 e. The fourth-order valence-electron chi connectivity index (χ4n) is 1.96. The van der Waals surface area contributed by atoms with Gasteiger partial charge in [-0.3, -0.25) is 4.79 Å². The van der Waals surface area contributed by atoms with Crippen LogP contribution in [0.25, 0.3) is 0 Å². The van der Waals surface area contributed by atoms with Crippen LogP contribution in [0.2, 0.25) is 0 Å². The molecule has 1 aliphatic heterocycles. The third-order valence-corrected chi connectivity index (χ3v) is 5.18. The van der Waals surface area contributed by atoms with Crippen LogP contribution in [0.3, 0.4) is 0 Å². The van der Waals surface area contributed by atoms with E-state index in [1.165, 1.54) is 16.4 Å². The molecule has 3 N–H and O–H groups in total. The Morgan fingerprint density at radius 1 is 1.32 bits per heavy atom. The van der Waals surface area contributed by atoms with E-state index in [1.54, 1.807) is 26.0 Å². The van der Waals surface area contributed by atoms with Gasteiger partial charge in [0.2, 0.25) is 15.9 Å². The van der Waals surface area contributed by atoms with E-state index < -0.39 is 15.6 Å². The highest BCUT2D eigenvalue weighted by molar-refractivity contribution is 7.89. The molecule has 122 valence electrons. The number of anilines is 1. The molecule has 1 aromatic carbocycles. The Labute approximate surface area is 130 Å². The van der Waals surface area contributed by atoms with Crippen molar-refractivity contribution in [3.8, 4) is 0 Å². The van der Waals surface area contributed by atoms with Crippen LogP contribution in [0.4, 0.5) is 5.69 Å². The maximum Gasteiger partial charge on any atom is 0.243 e. The number of ether oxygens (including phenoxy) is 1. The molecule has 0 aliphatic carbocycles. The molecule has 1 heterocycles. The molecule has 0 spiro atoms. The van der Waals surface area contributed by atoms with Crippen molar-refractivity contribution in [3.63, 3.8) is 0 Å². The molecule has 2 rings (SSSR count). The van der Waals surface area contributed by atoms with Gasteiger partial charge in [-0.2, -0.15) is 4.31 Å². The van der Waals surface area contributed by atoms with E-state index in [0.717, 1.165) is 0 Å². The first-order valence-electron chi connectivity index (χ1n) is 6.99. The topological polar surface area (TPSA) is 102 Å². The molecular formula is C14H21N3O4S. The number of hydrogen-bond acceptors (Lipinski definition) is 5. The average molecular weight is 327 g/mol. The molecule has 22 heavy (non-hydrogen) atoms. The summed E-state index contributed by atoms with van der Waals surface area (Å²) in [6.07, 6.45) is 0. The molecule has 0 radical (unpaired) electrons. The van der Waals surface area contributed by atoms with Crippen LogP contribution in [0.5, 0.6) is 0 Å². The van der Waals surface area contributed by atoms with Crippen molar-refractivity contribution >= 4 is 21.6 Å². The predicted molar refractivity (Wildman–Crippen MR) is 82.9 cm³/mol. The first kappa shape index (κ1) is 16.9. The van der Waals surface area contributed by atoms with Crippen LogP contribution >= 0.6 is 0 Å². The van der Waals surface area contributed by atoms with Crippen LogP contribution in [0, 0.1) is 0 Å². The number of sulfonamides is 1. The lowest BCUT2D eigenvalue weighted by Crippen LogP contribution is -2.45. The average Bonchev–Trinajstić information content (AvgIpc) is 2.47. The quantitative estimate of drug-likeness (QED) is 0.832. The minimum atomic E-state index is -3.59. The summed E-state index contributed by atoms with van der Waals surface area (Å²) >= 11 is 0. The fraction of sp³-hybridized carbons (Fsp3) is 0.500. The van der Waals surface area contributed by atoms with Crippen LogP contribution in [0.1, 0.15) is 13.8 Å². The smallest absolute Gasteiger partial charge is 0.243 e. The first-order valence-corrected chi connectivity index (χ1v) is 8.43. The third-order valence-electron chi connectivity index (χ3n) is 3.28. The summed E-state index contributed by atoms with van der Waals surface area (Å²) in [5.74, 6) is -0.381. The number of nitrogens with two attached hydrogens (primary N) is 1. The Balaban J connectivity index is 2.22. The second-order valence-corrected chi connectivity index (χ2v) is 7.66. The summed E-state index contributed by atoms with van der Waals surface area (Å²) in [5.41, 5.74) is 5.07. The molecule has 1 fully saturated rings. The minimum absolute atomic E-state index is 0.141. The molecule has 0 atom stereocenters. The van der Waals surface area contributed by atoms with Crippen molar-refractivity contribution in [2.45, 2.75) is 24.3 Å². The van der Waals surface area contributed by atoms with Gasteiger partial charge in [0.15, 0.2) is 0 Å². The van der Waals surface area contributed by atoms with E-state index in [-0.39, 0.29) is 10.8 Å². The summed E-state index contributed by atoms with van der Waals surface area (Å²) < 4.78 is 31.7. The van der Waals surface area contributed by atoms with Gasteiger partial charge in [0.05, 0.1) is 23.6 Å². The number of carbonyl (C=O) groups excluding carboxylic acids is 1. The van der Waals surface area contributed by atoms with Crippen LogP contribution < -0.4 is 11.1 Å².